The summed E-state index contributed by atoms with van der Waals surface area (Å²) in [5.41, 5.74) is 2.10. The van der Waals surface area contributed by atoms with Gasteiger partial charge in [-0.05, 0) is 37.3 Å². The van der Waals surface area contributed by atoms with Gasteiger partial charge in [0.25, 0.3) is 0 Å². The fourth-order valence-electron chi connectivity index (χ4n) is 2.84. The summed E-state index contributed by atoms with van der Waals surface area (Å²) in [6.07, 6.45) is 5.10. The molecule has 2 heteroatoms. The number of fused-ring (bicyclic) bond motifs is 1. The highest BCUT2D eigenvalue weighted by Crippen LogP contribution is 2.43. The van der Waals surface area contributed by atoms with Crippen LogP contribution in [0.3, 0.4) is 0 Å². The van der Waals surface area contributed by atoms with Crippen molar-refractivity contribution in [2.75, 3.05) is 6.54 Å². The summed E-state index contributed by atoms with van der Waals surface area (Å²) >= 11 is 0. The molecule has 1 aliphatic carbocycles. The number of nitrogens with zero attached hydrogens (tertiary/aromatic N) is 1. The molecule has 1 aliphatic heterocycles. The van der Waals surface area contributed by atoms with E-state index in [1.807, 2.05) is 12.1 Å². The maximum Gasteiger partial charge on any atom is 0.150 e. The molecule has 1 saturated heterocycles. The zero-order valence-corrected chi connectivity index (χ0v) is 9.43. The number of hydrogen-bond donors (Lipinski definition) is 0. The second kappa shape index (κ2) is 4.02. The fourth-order valence-corrected chi connectivity index (χ4v) is 2.84. The third-order valence-electron chi connectivity index (χ3n) is 3.88. The smallest absolute Gasteiger partial charge is 0.150 e. The minimum Gasteiger partial charge on any atom is -0.298 e. The molecule has 2 nitrogen and oxygen atoms in total. The topological polar surface area (TPSA) is 20.3 Å². The third-order valence-corrected chi connectivity index (χ3v) is 3.88. The molecule has 0 amide bonds. The number of hydrogen-bond acceptors (Lipinski definition) is 2. The first-order valence-electron chi connectivity index (χ1n) is 6.15. The summed E-state index contributed by atoms with van der Waals surface area (Å²) in [5.74, 6) is 0.989. The number of rotatable bonds is 3. The Balaban J connectivity index is 1.66. The van der Waals surface area contributed by atoms with Crippen LogP contribution in [-0.4, -0.2) is 23.8 Å². The summed E-state index contributed by atoms with van der Waals surface area (Å²) < 4.78 is 0. The van der Waals surface area contributed by atoms with E-state index in [-0.39, 0.29) is 0 Å². The van der Waals surface area contributed by atoms with Crippen LogP contribution in [0.25, 0.3) is 0 Å². The molecular weight excluding hydrogens is 198 g/mol. The monoisotopic (exact) mass is 215 g/mol. The van der Waals surface area contributed by atoms with E-state index >= 15 is 0 Å². The molecule has 2 aliphatic rings. The normalized spacial score (nSPS) is 28.5. The van der Waals surface area contributed by atoms with Crippen molar-refractivity contribution in [2.45, 2.75) is 31.8 Å². The molecule has 1 saturated carbocycles. The van der Waals surface area contributed by atoms with E-state index in [4.69, 9.17) is 0 Å². The molecule has 2 atom stereocenters. The highest BCUT2D eigenvalue weighted by Gasteiger charge is 2.43. The van der Waals surface area contributed by atoms with Gasteiger partial charge in [0.05, 0.1) is 0 Å². The molecule has 16 heavy (non-hydrogen) atoms. The maximum atomic E-state index is 10.6. The van der Waals surface area contributed by atoms with Crippen LogP contribution in [0, 0.1) is 5.92 Å². The lowest BCUT2D eigenvalue weighted by Crippen LogP contribution is -2.31. The SMILES string of the molecule is O=Cc1ccc(CN2CCCC3CC32)cc1. The fraction of sp³-hybridized carbons (Fsp3) is 0.500. The Kier molecular flexibility index (Phi) is 2.52. The van der Waals surface area contributed by atoms with Crippen molar-refractivity contribution in [3.63, 3.8) is 0 Å². The van der Waals surface area contributed by atoms with Crippen LogP contribution in [0.1, 0.15) is 35.2 Å². The van der Waals surface area contributed by atoms with Crippen LogP contribution < -0.4 is 0 Å². The third kappa shape index (κ3) is 1.90. The number of benzene rings is 1. The second-order valence-corrected chi connectivity index (χ2v) is 5.04. The van der Waals surface area contributed by atoms with Crippen molar-refractivity contribution in [1.29, 1.82) is 0 Å². The first-order chi connectivity index (χ1) is 7.86. The maximum absolute atomic E-state index is 10.6. The van der Waals surface area contributed by atoms with Crippen LogP contribution >= 0.6 is 0 Å². The average molecular weight is 215 g/mol. The van der Waals surface area contributed by atoms with Crippen LogP contribution in [-0.2, 0) is 6.54 Å². The van der Waals surface area contributed by atoms with Gasteiger partial charge in [-0.25, -0.2) is 0 Å². The van der Waals surface area contributed by atoms with Gasteiger partial charge in [-0.2, -0.15) is 0 Å². The van der Waals surface area contributed by atoms with Gasteiger partial charge in [0.15, 0.2) is 0 Å². The minimum atomic E-state index is 0.770. The van der Waals surface area contributed by atoms with Gasteiger partial charge in [-0.15, -0.1) is 0 Å². The van der Waals surface area contributed by atoms with Gasteiger partial charge in [0, 0.05) is 18.2 Å². The summed E-state index contributed by atoms with van der Waals surface area (Å²) in [6.45, 7) is 2.30. The molecular formula is C14H17NO. The summed E-state index contributed by atoms with van der Waals surface area (Å²) in [5, 5.41) is 0. The van der Waals surface area contributed by atoms with Crippen molar-refractivity contribution in [2.24, 2.45) is 5.92 Å². The molecule has 1 heterocycles. The standard InChI is InChI=1S/C14H17NO/c16-10-12-5-3-11(4-6-12)9-15-7-1-2-13-8-14(13)15/h3-6,10,13-14H,1-2,7-9H2. The molecule has 1 aromatic carbocycles. The Hall–Kier alpha value is -1.15. The first kappa shape index (κ1) is 10.0. The Morgan fingerprint density at radius 2 is 2.12 bits per heavy atom. The van der Waals surface area contributed by atoms with Crippen LogP contribution in [0.5, 0.6) is 0 Å². The van der Waals surface area contributed by atoms with Crippen molar-refractivity contribution < 1.29 is 4.79 Å². The Bertz CT molecular complexity index is 384. The Labute approximate surface area is 96.3 Å². The molecule has 0 N–H and O–H groups in total. The average Bonchev–Trinajstić information content (AvgIpc) is 3.10. The lowest BCUT2D eigenvalue weighted by atomic mass is 10.1. The zero-order valence-electron chi connectivity index (χ0n) is 9.43. The Morgan fingerprint density at radius 1 is 1.31 bits per heavy atom. The number of carbonyl (C=O) groups excluding carboxylic acids is 1. The first-order valence-corrected chi connectivity index (χ1v) is 6.15. The van der Waals surface area contributed by atoms with Crippen molar-refractivity contribution >= 4 is 6.29 Å². The largest absolute Gasteiger partial charge is 0.298 e. The van der Waals surface area contributed by atoms with E-state index in [9.17, 15) is 4.79 Å². The van der Waals surface area contributed by atoms with Crippen molar-refractivity contribution in [3.8, 4) is 0 Å². The van der Waals surface area contributed by atoms with Gasteiger partial charge in [-0.1, -0.05) is 24.3 Å². The Morgan fingerprint density at radius 3 is 2.88 bits per heavy atom. The molecule has 0 bridgehead atoms. The zero-order chi connectivity index (χ0) is 11.0. The van der Waals surface area contributed by atoms with Crippen molar-refractivity contribution in [3.05, 3.63) is 35.4 Å². The molecule has 84 valence electrons. The molecule has 1 aromatic rings. The molecule has 0 aromatic heterocycles. The second-order valence-electron chi connectivity index (χ2n) is 5.04. The van der Waals surface area contributed by atoms with E-state index in [1.165, 1.54) is 31.4 Å². The van der Waals surface area contributed by atoms with E-state index < -0.39 is 0 Å². The molecule has 0 spiro atoms. The van der Waals surface area contributed by atoms with Gasteiger partial charge in [-0.3, -0.25) is 9.69 Å². The number of aldehydes is 1. The lowest BCUT2D eigenvalue weighted by molar-refractivity contribution is 0.112. The van der Waals surface area contributed by atoms with Crippen LogP contribution in [0.4, 0.5) is 0 Å². The summed E-state index contributed by atoms with van der Waals surface area (Å²) in [6, 6.07) is 8.85. The predicted molar refractivity (Wildman–Crippen MR) is 63.4 cm³/mol. The number of carbonyl (C=O) groups is 1. The molecule has 2 unspecified atom stereocenters. The van der Waals surface area contributed by atoms with E-state index in [2.05, 4.69) is 17.0 Å². The summed E-state index contributed by atoms with van der Waals surface area (Å²) in [4.78, 5) is 13.2. The predicted octanol–water partition coefficient (Wildman–Crippen LogP) is 2.48. The van der Waals surface area contributed by atoms with Gasteiger partial charge < -0.3 is 0 Å². The molecule has 2 fully saturated rings. The highest BCUT2D eigenvalue weighted by molar-refractivity contribution is 5.74. The van der Waals surface area contributed by atoms with E-state index in [1.54, 1.807) is 0 Å². The van der Waals surface area contributed by atoms with Gasteiger partial charge >= 0.3 is 0 Å². The lowest BCUT2D eigenvalue weighted by Gasteiger charge is -2.26. The van der Waals surface area contributed by atoms with Crippen LogP contribution in [0.2, 0.25) is 0 Å². The highest BCUT2D eigenvalue weighted by atomic mass is 16.1. The summed E-state index contributed by atoms with van der Waals surface area (Å²) in [7, 11) is 0. The van der Waals surface area contributed by atoms with Crippen molar-refractivity contribution in [1.82, 2.24) is 4.90 Å². The van der Waals surface area contributed by atoms with E-state index in [0.29, 0.717) is 0 Å². The number of likely N-dealkylation sites (tertiary alicyclic amines) is 1. The molecule has 3 rings (SSSR count). The van der Waals surface area contributed by atoms with Crippen LogP contribution in [0.15, 0.2) is 24.3 Å². The van der Waals surface area contributed by atoms with Gasteiger partial charge in [0.2, 0.25) is 0 Å². The number of piperidine rings is 1. The quantitative estimate of drug-likeness (QED) is 0.722. The minimum absolute atomic E-state index is 0.770. The van der Waals surface area contributed by atoms with Gasteiger partial charge in [0.1, 0.15) is 6.29 Å². The molecule has 0 radical (unpaired) electrons. The van der Waals surface area contributed by atoms with E-state index in [0.717, 1.165) is 30.4 Å².